The molecule has 1 atom stereocenters. The van der Waals surface area contributed by atoms with E-state index in [0.29, 0.717) is 28.6 Å². The van der Waals surface area contributed by atoms with Crippen LogP contribution < -0.4 is 11.1 Å². The summed E-state index contributed by atoms with van der Waals surface area (Å²) in [5.41, 5.74) is 6.68. The van der Waals surface area contributed by atoms with Crippen molar-refractivity contribution in [1.82, 2.24) is 0 Å². The van der Waals surface area contributed by atoms with Crippen LogP contribution in [0.2, 0.25) is 5.02 Å². The van der Waals surface area contributed by atoms with Crippen molar-refractivity contribution in [1.29, 1.82) is 5.26 Å². The lowest BCUT2D eigenvalue weighted by Crippen LogP contribution is -2.36. The van der Waals surface area contributed by atoms with Gasteiger partial charge in [0.05, 0.1) is 16.6 Å². The van der Waals surface area contributed by atoms with Gasteiger partial charge in [0.2, 0.25) is 5.91 Å². The summed E-state index contributed by atoms with van der Waals surface area (Å²) in [6.07, 6.45) is 0.621. The van der Waals surface area contributed by atoms with Gasteiger partial charge >= 0.3 is 0 Å². The molecule has 0 unspecified atom stereocenters. The fourth-order valence-electron chi connectivity index (χ4n) is 1.53. The lowest BCUT2D eigenvalue weighted by atomic mass is 10.0. The second-order valence-corrected chi connectivity index (χ2v) is 4.94. The highest BCUT2D eigenvalue weighted by Gasteiger charge is 2.15. The van der Waals surface area contributed by atoms with Crippen LogP contribution in [0.1, 0.15) is 25.8 Å². The Balaban J connectivity index is 2.71. The van der Waals surface area contributed by atoms with Gasteiger partial charge in [0.1, 0.15) is 6.07 Å². The van der Waals surface area contributed by atoms with E-state index in [-0.39, 0.29) is 5.91 Å². The number of nitriles is 1. The number of hydrogen-bond acceptors (Lipinski definition) is 3. The zero-order valence-corrected chi connectivity index (χ0v) is 11.2. The predicted molar refractivity (Wildman–Crippen MR) is 72.2 cm³/mol. The monoisotopic (exact) mass is 265 g/mol. The van der Waals surface area contributed by atoms with Crippen LogP contribution in [0.4, 0.5) is 5.69 Å². The topological polar surface area (TPSA) is 78.9 Å². The number of nitrogens with one attached hydrogen (secondary N) is 1. The molecule has 0 aromatic heterocycles. The van der Waals surface area contributed by atoms with E-state index in [9.17, 15) is 4.79 Å². The van der Waals surface area contributed by atoms with Gasteiger partial charge in [0.25, 0.3) is 0 Å². The first-order valence-electron chi connectivity index (χ1n) is 5.70. The maximum absolute atomic E-state index is 11.8. The van der Waals surface area contributed by atoms with Gasteiger partial charge in [-0.3, -0.25) is 4.79 Å². The SMILES string of the molecule is CC(C)C[C@H](N)C(=O)Nc1ccc(C#N)c(Cl)c1. The largest absolute Gasteiger partial charge is 0.325 e. The standard InChI is InChI=1S/C13H16ClN3O/c1-8(2)5-12(16)13(18)17-10-4-3-9(7-15)11(14)6-10/h3-4,6,8,12H,5,16H2,1-2H3,(H,17,18)/t12-/m0/s1. The van der Waals surface area contributed by atoms with Crippen LogP contribution in [0.3, 0.4) is 0 Å². The van der Waals surface area contributed by atoms with Crippen LogP contribution in [0.5, 0.6) is 0 Å². The zero-order valence-electron chi connectivity index (χ0n) is 10.4. The normalized spacial score (nSPS) is 12.0. The van der Waals surface area contributed by atoms with Crippen molar-refractivity contribution in [2.24, 2.45) is 11.7 Å². The Morgan fingerprint density at radius 1 is 1.56 bits per heavy atom. The van der Waals surface area contributed by atoms with Crippen molar-refractivity contribution in [3.8, 4) is 6.07 Å². The Morgan fingerprint density at radius 2 is 2.22 bits per heavy atom. The van der Waals surface area contributed by atoms with Crippen LogP contribution >= 0.6 is 11.6 Å². The molecule has 0 bridgehead atoms. The summed E-state index contributed by atoms with van der Waals surface area (Å²) in [6.45, 7) is 4.01. The number of nitrogens with zero attached hydrogens (tertiary/aromatic N) is 1. The summed E-state index contributed by atoms with van der Waals surface area (Å²) >= 11 is 5.87. The first-order chi connectivity index (χ1) is 8.43. The molecule has 0 spiro atoms. The van der Waals surface area contributed by atoms with Gasteiger partial charge in [-0.15, -0.1) is 0 Å². The quantitative estimate of drug-likeness (QED) is 0.878. The summed E-state index contributed by atoms with van der Waals surface area (Å²) in [5, 5.41) is 11.7. The molecular weight excluding hydrogens is 250 g/mol. The average molecular weight is 266 g/mol. The predicted octanol–water partition coefficient (Wildman–Crippen LogP) is 2.52. The van der Waals surface area contributed by atoms with Crippen molar-refractivity contribution in [2.45, 2.75) is 26.3 Å². The van der Waals surface area contributed by atoms with E-state index < -0.39 is 6.04 Å². The molecule has 1 aromatic rings. The number of carbonyl (C=O) groups excluding carboxylic acids is 1. The van der Waals surface area contributed by atoms with Crippen molar-refractivity contribution < 1.29 is 4.79 Å². The molecule has 0 fully saturated rings. The minimum Gasteiger partial charge on any atom is -0.325 e. The second kappa shape index (κ2) is 6.39. The van der Waals surface area contributed by atoms with Gasteiger partial charge in [-0.25, -0.2) is 0 Å². The van der Waals surface area contributed by atoms with E-state index in [1.54, 1.807) is 18.2 Å². The smallest absolute Gasteiger partial charge is 0.241 e. The number of hydrogen-bond donors (Lipinski definition) is 2. The van der Waals surface area contributed by atoms with Gasteiger partial charge in [0, 0.05) is 5.69 Å². The summed E-state index contributed by atoms with van der Waals surface area (Å²) in [4.78, 5) is 11.8. The molecule has 5 heteroatoms. The molecule has 0 radical (unpaired) electrons. The molecule has 3 N–H and O–H groups in total. The summed E-state index contributed by atoms with van der Waals surface area (Å²) in [5.74, 6) is 0.111. The van der Waals surface area contributed by atoms with Crippen molar-refractivity contribution >= 4 is 23.2 Å². The molecule has 96 valence electrons. The van der Waals surface area contributed by atoms with E-state index in [0.717, 1.165) is 0 Å². The number of halogens is 1. The van der Waals surface area contributed by atoms with E-state index in [1.807, 2.05) is 19.9 Å². The van der Waals surface area contributed by atoms with Gasteiger partial charge in [-0.2, -0.15) is 5.26 Å². The molecule has 1 amide bonds. The molecule has 0 saturated heterocycles. The Bertz CT molecular complexity index is 480. The molecule has 1 aromatic carbocycles. The summed E-state index contributed by atoms with van der Waals surface area (Å²) < 4.78 is 0. The molecule has 0 aliphatic heterocycles. The number of rotatable bonds is 4. The summed E-state index contributed by atoms with van der Waals surface area (Å²) in [6, 6.07) is 6.15. The first kappa shape index (κ1) is 14.5. The molecule has 0 aliphatic rings. The lowest BCUT2D eigenvalue weighted by Gasteiger charge is -2.14. The van der Waals surface area contributed by atoms with Crippen LogP contribution in [-0.2, 0) is 4.79 Å². The number of nitrogens with two attached hydrogens (primary N) is 1. The zero-order chi connectivity index (χ0) is 13.7. The highest BCUT2D eigenvalue weighted by Crippen LogP contribution is 2.20. The molecule has 0 saturated carbocycles. The first-order valence-corrected chi connectivity index (χ1v) is 6.08. The molecule has 1 rings (SSSR count). The van der Waals surface area contributed by atoms with E-state index in [4.69, 9.17) is 22.6 Å². The lowest BCUT2D eigenvalue weighted by molar-refractivity contribution is -0.117. The third-order valence-electron chi connectivity index (χ3n) is 2.42. The number of amides is 1. The molecular formula is C13H16ClN3O. The minimum atomic E-state index is -0.542. The fourth-order valence-corrected chi connectivity index (χ4v) is 1.76. The van der Waals surface area contributed by atoms with Crippen molar-refractivity contribution in [2.75, 3.05) is 5.32 Å². The Kier molecular flexibility index (Phi) is 5.14. The van der Waals surface area contributed by atoms with Crippen LogP contribution in [-0.4, -0.2) is 11.9 Å². The van der Waals surface area contributed by atoms with Crippen molar-refractivity contribution in [3.63, 3.8) is 0 Å². The maximum atomic E-state index is 11.8. The van der Waals surface area contributed by atoms with E-state index >= 15 is 0 Å². The van der Waals surface area contributed by atoms with Crippen molar-refractivity contribution in [3.05, 3.63) is 28.8 Å². The molecule has 18 heavy (non-hydrogen) atoms. The summed E-state index contributed by atoms with van der Waals surface area (Å²) in [7, 11) is 0. The average Bonchev–Trinajstić information content (AvgIpc) is 2.28. The van der Waals surface area contributed by atoms with Gasteiger partial charge < -0.3 is 11.1 Å². The Morgan fingerprint density at radius 3 is 2.72 bits per heavy atom. The Labute approximate surface area is 112 Å². The van der Waals surface area contributed by atoms with E-state index in [1.165, 1.54) is 0 Å². The van der Waals surface area contributed by atoms with Crippen LogP contribution in [0, 0.1) is 17.2 Å². The third-order valence-corrected chi connectivity index (χ3v) is 2.73. The Hall–Kier alpha value is -1.57. The van der Waals surface area contributed by atoms with Crippen LogP contribution in [0.25, 0.3) is 0 Å². The number of benzene rings is 1. The van der Waals surface area contributed by atoms with Crippen LogP contribution in [0.15, 0.2) is 18.2 Å². The fraction of sp³-hybridized carbons (Fsp3) is 0.385. The minimum absolute atomic E-state index is 0.246. The highest BCUT2D eigenvalue weighted by molar-refractivity contribution is 6.32. The molecule has 0 aliphatic carbocycles. The highest BCUT2D eigenvalue weighted by atomic mass is 35.5. The number of carbonyl (C=O) groups is 1. The van der Waals surface area contributed by atoms with Gasteiger partial charge in [-0.1, -0.05) is 25.4 Å². The van der Waals surface area contributed by atoms with Gasteiger partial charge in [0.15, 0.2) is 0 Å². The molecule has 4 nitrogen and oxygen atoms in total. The van der Waals surface area contributed by atoms with E-state index in [2.05, 4.69) is 5.32 Å². The van der Waals surface area contributed by atoms with Gasteiger partial charge in [-0.05, 0) is 30.5 Å². The maximum Gasteiger partial charge on any atom is 0.241 e. The third kappa shape index (κ3) is 4.02. The molecule has 0 heterocycles. The second-order valence-electron chi connectivity index (χ2n) is 4.53. The number of anilines is 1.